The second kappa shape index (κ2) is 5.16. The van der Waals surface area contributed by atoms with E-state index in [-0.39, 0.29) is 9.92 Å². The quantitative estimate of drug-likeness (QED) is 0.627. The van der Waals surface area contributed by atoms with Gasteiger partial charge in [-0.15, -0.1) is 0 Å². The molecule has 1 aromatic rings. The van der Waals surface area contributed by atoms with Crippen molar-refractivity contribution in [2.24, 2.45) is 0 Å². The number of nitro groups is 1. The highest BCUT2D eigenvalue weighted by atomic mass is 32.1. The third-order valence-corrected chi connectivity index (χ3v) is 4.47. The van der Waals surface area contributed by atoms with E-state index in [2.05, 4.69) is 4.90 Å². The average molecular weight is 284 g/mol. The molecule has 2 aliphatic heterocycles. The zero-order valence-electron chi connectivity index (χ0n) is 10.5. The van der Waals surface area contributed by atoms with Crippen molar-refractivity contribution in [1.29, 1.82) is 0 Å². The minimum Gasteiger partial charge on any atom is -0.346 e. The summed E-state index contributed by atoms with van der Waals surface area (Å²) < 4.78 is 11.4. The van der Waals surface area contributed by atoms with Gasteiger partial charge in [0.15, 0.2) is 5.79 Å². The molecule has 104 valence electrons. The predicted molar refractivity (Wildman–Crippen MR) is 70.1 cm³/mol. The number of piperidine rings is 1. The molecule has 3 heterocycles. The largest absolute Gasteiger partial charge is 0.346 e. The number of ether oxygens (including phenoxy) is 2. The minimum atomic E-state index is -0.430. The van der Waals surface area contributed by atoms with Gasteiger partial charge in [0.05, 0.1) is 24.7 Å². The highest BCUT2D eigenvalue weighted by Gasteiger charge is 2.40. The Bertz CT molecular complexity index is 470. The molecule has 2 fully saturated rings. The Balaban J connectivity index is 1.64. The van der Waals surface area contributed by atoms with Crippen LogP contribution in [0.3, 0.4) is 0 Å². The van der Waals surface area contributed by atoms with Crippen molar-refractivity contribution >= 4 is 16.3 Å². The second-order valence-electron chi connectivity index (χ2n) is 4.97. The summed E-state index contributed by atoms with van der Waals surface area (Å²) in [6.45, 7) is 3.78. The fraction of sp³-hybridized carbons (Fsp3) is 0.667. The van der Waals surface area contributed by atoms with Crippen LogP contribution in [0.1, 0.15) is 18.4 Å². The zero-order chi connectivity index (χ0) is 13.3. The Morgan fingerprint density at radius 1 is 1.47 bits per heavy atom. The van der Waals surface area contributed by atoms with Gasteiger partial charge in [-0.3, -0.25) is 15.0 Å². The van der Waals surface area contributed by atoms with Gasteiger partial charge in [0.2, 0.25) is 0 Å². The van der Waals surface area contributed by atoms with E-state index in [1.807, 2.05) is 5.38 Å². The number of likely N-dealkylation sites (tertiary alicyclic amines) is 1. The minimum absolute atomic E-state index is 0.204. The molecule has 19 heavy (non-hydrogen) atoms. The topological polar surface area (TPSA) is 64.8 Å². The molecule has 0 atom stereocenters. The van der Waals surface area contributed by atoms with Gasteiger partial charge in [-0.05, 0) is 18.5 Å². The molecule has 0 saturated carbocycles. The maximum absolute atomic E-state index is 10.7. The smallest absolute Gasteiger partial charge is 0.324 e. The first-order valence-electron chi connectivity index (χ1n) is 6.39. The van der Waals surface area contributed by atoms with E-state index in [1.165, 1.54) is 11.3 Å². The lowest BCUT2D eigenvalue weighted by Gasteiger charge is -2.38. The summed E-state index contributed by atoms with van der Waals surface area (Å²) >= 11 is 1.18. The zero-order valence-corrected chi connectivity index (χ0v) is 11.4. The molecular weight excluding hydrogens is 268 g/mol. The number of rotatable bonds is 3. The van der Waals surface area contributed by atoms with Gasteiger partial charge in [-0.1, -0.05) is 11.3 Å². The second-order valence-corrected chi connectivity index (χ2v) is 5.86. The summed E-state index contributed by atoms with van der Waals surface area (Å²) in [7, 11) is 0. The Morgan fingerprint density at radius 3 is 2.95 bits per heavy atom. The average Bonchev–Trinajstić information content (AvgIpc) is 3.00. The third kappa shape index (κ3) is 2.79. The van der Waals surface area contributed by atoms with Crippen LogP contribution in [-0.4, -0.2) is 41.9 Å². The summed E-state index contributed by atoms with van der Waals surface area (Å²) in [6.07, 6.45) is 1.97. The van der Waals surface area contributed by atoms with Crippen molar-refractivity contribution in [3.05, 3.63) is 27.1 Å². The number of nitrogens with zero attached hydrogens (tertiary/aromatic N) is 2. The van der Waals surface area contributed by atoms with Crippen molar-refractivity contribution in [2.75, 3.05) is 26.3 Å². The van der Waals surface area contributed by atoms with Gasteiger partial charge in [0, 0.05) is 24.4 Å². The number of hydrogen-bond acceptors (Lipinski definition) is 6. The van der Waals surface area contributed by atoms with Crippen LogP contribution >= 0.6 is 11.3 Å². The molecule has 0 unspecified atom stereocenters. The van der Waals surface area contributed by atoms with E-state index < -0.39 is 5.79 Å². The Kier molecular flexibility index (Phi) is 3.53. The number of thiophene rings is 1. The summed E-state index contributed by atoms with van der Waals surface area (Å²) in [4.78, 5) is 12.6. The molecule has 0 radical (unpaired) electrons. The van der Waals surface area contributed by atoms with Gasteiger partial charge >= 0.3 is 5.00 Å². The summed E-state index contributed by atoms with van der Waals surface area (Å²) in [5.41, 5.74) is 0.992. The molecule has 0 aliphatic carbocycles. The SMILES string of the molecule is O=[N+]([O-])c1cc(CN2CCCC3(C2)OCCO3)cs1. The van der Waals surface area contributed by atoms with Crippen molar-refractivity contribution in [3.63, 3.8) is 0 Å². The molecule has 3 rings (SSSR count). The summed E-state index contributed by atoms with van der Waals surface area (Å²) in [6, 6.07) is 1.66. The molecule has 0 amide bonds. The summed E-state index contributed by atoms with van der Waals surface area (Å²) in [5, 5.41) is 12.7. The maximum atomic E-state index is 10.7. The Hall–Kier alpha value is -1.02. The van der Waals surface area contributed by atoms with Crippen LogP contribution in [0, 0.1) is 10.1 Å². The van der Waals surface area contributed by atoms with E-state index in [0.717, 1.165) is 38.0 Å². The highest BCUT2D eigenvalue weighted by Crippen LogP contribution is 2.31. The molecule has 7 heteroatoms. The monoisotopic (exact) mass is 284 g/mol. The molecule has 0 N–H and O–H groups in total. The summed E-state index contributed by atoms with van der Waals surface area (Å²) in [5.74, 6) is -0.430. The molecule has 2 saturated heterocycles. The lowest BCUT2D eigenvalue weighted by Crippen LogP contribution is -2.48. The van der Waals surface area contributed by atoms with Crippen LogP contribution in [0.2, 0.25) is 0 Å². The first kappa shape index (κ1) is 13.0. The van der Waals surface area contributed by atoms with Crippen LogP contribution < -0.4 is 0 Å². The van der Waals surface area contributed by atoms with Gasteiger partial charge < -0.3 is 9.47 Å². The first-order valence-corrected chi connectivity index (χ1v) is 7.27. The molecule has 1 aromatic heterocycles. The van der Waals surface area contributed by atoms with Crippen LogP contribution in [0.25, 0.3) is 0 Å². The highest BCUT2D eigenvalue weighted by molar-refractivity contribution is 7.13. The van der Waals surface area contributed by atoms with Crippen molar-refractivity contribution in [3.8, 4) is 0 Å². The van der Waals surface area contributed by atoms with E-state index in [4.69, 9.17) is 9.47 Å². The molecule has 1 spiro atoms. The van der Waals surface area contributed by atoms with Crippen LogP contribution in [0.15, 0.2) is 11.4 Å². The van der Waals surface area contributed by atoms with Gasteiger partial charge in [0.25, 0.3) is 0 Å². The maximum Gasteiger partial charge on any atom is 0.324 e. The van der Waals surface area contributed by atoms with Crippen LogP contribution in [-0.2, 0) is 16.0 Å². The molecule has 0 bridgehead atoms. The van der Waals surface area contributed by atoms with Crippen LogP contribution in [0.5, 0.6) is 0 Å². The molecular formula is C12H16N2O4S. The molecule has 6 nitrogen and oxygen atoms in total. The lowest BCUT2D eigenvalue weighted by atomic mass is 10.0. The van der Waals surface area contributed by atoms with Gasteiger partial charge in [0.1, 0.15) is 0 Å². The molecule has 2 aliphatic rings. The van der Waals surface area contributed by atoms with E-state index >= 15 is 0 Å². The molecule has 0 aromatic carbocycles. The predicted octanol–water partition coefficient (Wildman–Crippen LogP) is 2.00. The standard InChI is InChI=1S/C12H16N2O4S/c15-14(16)11-6-10(8-19-11)7-13-3-1-2-12(9-13)17-4-5-18-12/h6,8H,1-5,7,9H2. The van der Waals surface area contributed by atoms with Gasteiger partial charge in [-0.25, -0.2) is 0 Å². The van der Waals surface area contributed by atoms with E-state index in [0.29, 0.717) is 13.2 Å². The Morgan fingerprint density at radius 2 is 2.26 bits per heavy atom. The van der Waals surface area contributed by atoms with Crippen molar-refractivity contribution in [1.82, 2.24) is 4.90 Å². The fourth-order valence-electron chi connectivity index (χ4n) is 2.74. The van der Waals surface area contributed by atoms with Gasteiger partial charge in [-0.2, -0.15) is 0 Å². The Labute approximate surface area is 115 Å². The first-order chi connectivity index (χ1) is 9.17. The number of hydrogen-bond donors (Lipinski definition) is 0. The normalized spacial score (nSPS) is 22.9. The van der Waals surface area contributed by atoms with E-state index in [9.17, 15) is 10.1 Å². The van der Waals surface area contributed by atoms with Crippen molar-refractivity contribution in [2.45, 2.75) is 25.2 Å². The van der Waals surface area contributed by atoms with Crippen LogP contribution in [0.4, 0.5) is 5.00 Å². The van der Waals surface area contributed by atoms with E-state index in [1.54, 1.807) is 6.07 Å². The third-order valence-electron chi connectivity index (χ3n) is 3.54. The fourth-order valence-corrected chi connectivity index (χ4v) is 3.46. The lowest BCUT2D eigenvalue weighted by molar-refractivity contribution is -0.380. The van der Waals surface area contributed by atoms with Crippen molar-refractivity contribution < 1.29 is 14.4 Å².